The number of ether oxygens (including phenoxy) is 1. The summed E-state index contributed by atoms with van der Waals surface area (Å²) >= 11 is 0. The molecule has 12 heteroatoms. The molecule has 0 atom stereocenters. The van der Waals surface area contributed by atoms with Crippen LogP contribution in [0.25, 0.3) is 11.5 Å². The summed E-state index contributed by atoms with van der Waals surface area (Å²) in [7, 11) is -3.37. The van der Waals surface area contributed by atoms with E-state index in [0.29, 0.717) is 42.4 Å². The first kappa shape index (κ1) is 20.7. The number of hydrogen-bond acceptors (Lipinski definition) is 9. The molecule has 3 aromatic rings. The standard InChI is InChI=1S/C19H20N6O5S/c1-2-29-17-11-20-9-15(24-17)16-10-23-19(30-16)18(26)22-8-13-7-12(5-6-21-13)25-31(27,28)14-3-4-14/h5-7,9-11,14H,2-4,8H2,1H3,(H,21,25)(H,22,26). The minimum absolute atomic E-state index is 0.0647. The summed E-state index contributed by atoms with van der Waals surface area (Å²) < 4.78 is 37.4. The van der Waals surface area contributed by atoms with Crippen molar-refractivity contribution in [3.63, 3.8) is 0 Å². The number of aromatic nitrogens is 4. The summed E-state index contributed by atoms with van der Waals surface area (Å²) in [5.41, 5.74) is 1.26. The maximum atomic E-state index is 12.4. The van der Waals surface area contributed by atoms with Crippen LogP contribution in [0.15, 0.2) is 41.3 Å². The van der Waals surface area contributed by atoms with Gasteiger partial charge in [0.15, 0.2) is 5.76 Å². The highest BCUT2D eigenvalue weighted by atomic mass is 32.2. The van der Waals surface area contributed by atoms with Gasteiger partial charge in [-0.2, -0.15) is 0 Å². The average molecular weight is 444 g/mol. The van der Waals surface area contributed by atoms with E-state index in [0.717, 1.165) is 0 Å². The summed E-state index contributed by atoms with van der Waals surface area (Å²) in [5, 5.41) is 2.31. The average Bonchev–Trinajstić information content (AvgIpc) is 3.51. The molecule has 11 nitrogen and oxygen atoms in total. The fourth-order valence-corrected chi connectivity index (χ4v) is 4.07. The lowest BCUT2D eigenvalue weighted by Gasteiger charge is -2.08. The number of oxazole rings is 1. The van der Waals surface area contributed by atoms with Gasteiger partial charge in [-0.05, 0) is 31.9 Å². The first-order valence-electron chi connectivity index (χ1n) is 9.60. The van der Waals surface area contributed by atoms with Crippen LogP contribution in [-0.4, -0.2) is 46.1 Å². The molecule has 2 N–H and O–H groups in total. The molecule has 3 heterocycles. The predicted molar refractivity (Wildman–Crippen MR) is 110 cm³/mol. The Morgan fingerprint density at radius 3 is 2.87 bits per heavy atom. The van der Waals surface area contributed by atoms with E-state index in [1.165, 1.54) is 24.8 Å². The minimum Gasteiger partial charge on any atom is -0.477 e. The molecule has 3 aromatic heterocycles. The Kier molecular flexibility index (Phi) is 5.80. The number of nitrogens with zero attached hydrogens (tertiary/aromatic N) is 4. The fraction of sp³-hybridized carbons (Fsp3) is 0.316. The number of nitrogens with one attached hydrogen (secondary N) is 2. The molecule has 162 valence electrons. The molecule has 0 aromatic carbocycles. The molecule has 1 aliphatic carbocycles. The Balaban J connectivity index is 1.38. The summed E-state index contributed by atoms with van der Waals surface area (Å²) in [6.45, 7) is 2.34. The summed E-state index contributed by atoms with van der Waals surface area (Å²) in [6, 6.07) is 3.12. The molecule has 1 amide bonds. The maximum absolute atomic E-state index is 12.4. The third kappa shape index (κ3) is 5.15. The lowest BCUT2D eigenvalue weighted by atomic mass is 10.3. The maximum Gasteiger partial charge on any atom is 0.307 e. The molecule has 1 aliphatic rings. The van der Waals surface area contributed by atoms with Crippen LogP contribution in [0.3, 0.4) is 0 Å². The molecule has 0 spiro atoms. The van der Waals surface area contributed by atoms with Crippen LogP contribution in [-0.2, 0) is 16.6 Å². The number of amides is 1. The monoisotopic (exact) mass is 444 g/mol. The number of rotatable bonds is 9. The van der Waals surface area contributed by atoms with Gasteiger partial charge < -0.3 is 14.5 Å². The smallest absolute Gasteiger partial charge is 0.307 e. The van der Waals surface area contributed by atoms with Crippen molar-refractivity contribution in [2.75, 3.05) is 11.3 Å². The number of anilines is 1. The molecule has 31 heavy (non-hydrogen) atoms. The zero-order chi connectivity index (χ0) is 21.8. The highest BCUT2D eigenvalue weighted by molar-refractivity contribution is 7.93. The Hall–Kier alpha value is -3.54. The van der Waals surface area contributed by atoms with E-state index in [-0.39, 0.29) is 23.4 Å². The van der Waals surface area contributed by atoms with E-state index >= 15 is 0 Å². The van der Waals surface area contributed by atoms with E-state index < -0.39 is 15.9 Å². The predicted octanol–water partition coefficient (Wildman–Crippen LogP) is 1.76. The Bertz CT molecular complexity index is 1190. The molecule has 1 fully saturated rings. The summed E-state index contributed by atoms with van der Waals surface area (Å²) in [6.07, 6.45) is 7.14. The first-order chi connectivity index (χ1) is 14.9. The second-order valence-electron chi connectivity index (χ2n) is 6.77. The molecular weight excluding hydrogens is 424 g/mol. The number of sulfonamides is 1. The van der Waals surface area contributed by atoms with E-state index in [9.17, 15) is 13.2 Å². The Morgan fingerprint density at radius 2 is 2.10 bits per heavy atom. The SMILES string of the molecule is CCOc1cncc(-c2cnc(C(=O)NCc3cc(NS(=O)(=O)C4CC4)ccn3)o2)n1. The van der Waals surface area contributed by atoms with Gasteiger partial charge in [-0.3, -0.25) is 19.5 Å². The van der Waals surface area contributed by atoms with Gasteiger partial charge in [0.2, 0.25) is 15.9 Å². The summed E-state index contributed by atoms with van der Waals surface area (Å²) in [5.74, 6) is -0.0883. The van der Waals surface area contributed by atoms with E-state index in [2.05, 4.69) is 30.0 Å². The van der Waals surface area contributed by atoms with Crippen LogP contribution in [0.5, 0.6) is 5.88 Å². The second-order valence-corrected chi connectivity index (χ2v) is 8.73. The third-order valence-electron chi connectivity index (χ3n) is 4.33. The van der Waals surface area contributed by atoms with Gasteiger partial charge >= 0.3 is 5.91 Å². The van der Waals surface area contributed by atoms with Gasteiger partial charge in [0.1, 0.15) is 5.69 Å². The first-order valence-corrected chi connectivity index (χ1v) is 11.1. The van der Waals surface area contributed by atoms with E-state index in [4.69, 9.17) is 9.15 Å². The van der Waals surface area contributed by atoms with E-state index in [1.807, 2.05) is 6.92 Å². The molecule has 1 saturated carbocycles. The molecule has 4 rings (SSSR count). The summed E-state index contributed by atoms with van der Waals surface area (Å²) in [4.78, 5) is 28.8. The quantitative estimate of drug-likeness (QED) is 0.503. The normalized spacial score (nSPS) is 13.6. The molecule has 0 unspecified atom stereocenters. The number of hydrogen-bond donors (Lipinski definition) is 2. The van der Waals surface area contributed by atoms with E-state index in [1.54, 1.807) is 12.1 Å². The zero-order valence-electron chi connectivity index (χ0n) is 16.6. The van der Waals surface area contributed by atoms with Crippen molar-refractivity contribution in [3.05, 3.63) is 48.5 Å². The molecular formula is C19H20N6O5S. The highest BCUT2D eigenvalue weighted by Gasteiger charge is 2.35. The van der Waals surface area contributed by atoms with Gasteiger partial charge in [0.25, 0.3) is 5.89 Å². The Morgan fingerprint density at radius 1 is 1.26 bits per heavy atom. The van der Waals surface area contributed by atoms with Crippen LogP contribution in [0.2, 0.25) is 0 Å². The van der Waals surface area contributed by atoms with Crippen molar-refractivity contribution >= 4 is 21.6 Å². The van der Waals surface area contributed by atoms with Crippen molar-refractivity contribution in [2.24, 2.45) is 0 Å². The van der Waals surface area contributed by atoms with Gasteiger partial charge in [0.05, 0.1) is 48.4 Å². The van der Waals surface area contributed by atoms with Gasteiger partial charge in [-0.15, -0.1) is 0 Å². The van der Waals surface area contributed by atoms with Gasteiger partial charge in [0, 0.05) is 6.20 Å². The van der Waals surface area contributed by atoms with Crippen molar-refractivity contribution in [3.8, 4) is 17.3 Å². The second kappa shape index (κ2) is 8.68. The van der Waals surface area contributed by atoms with Crippen LogP contribution < -0.4 is 14.8 Å². The lowest BCUT2D eigenvalue weighted by molar-refractivity contribution is 0.0916. The lowest BCUT2D eigenvalue weighted by Crippen LogP contribution is -2.24. The largest absolute Gasteiger partial charge is 0.477 e. The zero-order valence-corrected chi connectivity index (χ0v) is 17.4. The third-order valence-corrected chi connectivity index (χ3v) is 6.20. The number of carbonyl (C=O) groups excluding carboxylic acids is 1. The van der Waals surface area contributed by atoms with Gasteiger partial charge in [-0.1, -0.05) is 0 Å². The Labute approximate surface area is 178 Å². The molecule has 0 aliphatic heterocycles. The van der Waals surface area contributed by atoms with Crippen molar-refractivity contribution in [1.29, 1.82) is 0 Å². The molecule has 0 bridgehead atoms. The van der Waals surface area contributed by atoms with Gasteiger partial charge in [-0.25, -0.2) is 18.4 Å². The fourth-order valence-electron chi connectivity index (χ4n) is 2.69. The topological polar surface area (TPSA) is 149 Å². The number of carbonyl (C=O) groups is 1. The number of pyridine rings is 1. The van der Waals surface area contributed by atoms with Crippen molar-refractivity contribution in [1.82, 2.24) is 25.3 Å². The highest BCUT2D eigenvalue weighted by Crippen LogP contribution is 2.29. The van der Waals surface area contributed by atoms with Crippen LogP contribution in [0.1, 0.15) is 36.1 Å². The van der Waals surface area contributed by atoms with Crippen LogP contribution in [0.4, 0.5) is 5.69 Å². The minimum atomic E-state index is -3.37. The van der Waals surface area contributed by atoms with Crippen molar-refractivity contribution < 1.29 is 22.4 Å². The molecule has 0 saturated heterocycles. The van der Waals surface area contributed by atoms with Crippen LogP contribution >= 0.6 is 0 Å². The van der Waals surface area contributed by atoms with Crippen LogP contribution in [0, 0.1) is 0 Å². The van der Waals surface area contributed by atoms with Crippen molar-refractivity contribution in [2.45, 2.75) is 31.6 Å². The molecule has 0 radical (unpaired) electrons.